The Bertz CT molecular complexity index is 608. The van der Waals surface area contributed by atoms with Gasteiger partial charge in [0.15, 0.2) is 0 Å². The number of anilines is 2. The number of piperazine rings is 1. The van der Waals surface area contributed by atoms with Crippen LogP contribution in [0.15, 0.2) is 42.9 Å². The summed E-state index contributed by atoms with van der Waals surface area (Å²) in [5.74, 6) is 0.489. The van der Waals surface area contributed by atoms with Gasteiger partial charge in [-0.2, -0.15) is 0 Å². The molecule has 0 aliphatic carbocycles. The van der Waals surface area contributed by atoms with E-state index >= 15 is 0 Å². The van der Waals surface area contributed by atoms with Crippen molar-refractivity contribution in [1.82, 2.24) is 15.3 Å². The van der Waals surface area contributed by atoms with E-state index in [0.29, 0.717) is 12.2 Å². The van der Waals surface area contributed by atoms with Crippen LogP contribution >= 0.6 is 0 Å². The van der Waals surface area contributed by atoms with E-state index < -0.39 is 0 Å². The zero-order valence-corrected chi connectivity index (χ0v) is 12.3. The molecule has 1 fully saturated rings. The highest BCUT2D eigenvalue weighted by Gasteiger charge is 2.11. The molecule has 0 aromatic carbocycles. The predicted octanol–water partition coefficient (Wildman–Crippen LogP) is 1.07. The minimum atomic E-state index is -0.0876. The molecule has 2 aromatic rings. The van der Waals surface area contributed by atoms with Crippen molar-refractivity contribution in [2.75, 3.05) is 36.4 Å². The first-order chi connectivity index (χ1) is 10.8. The van der Waals surface area contributed by atoms with Gasteiger partial charge < -0.3 is 15.5 Å². The molecule has 1 amide bonds. The molecule has 1 aliphatic rings. The number of carbonyl (C=O) groups is 1. The highest BCUT2D eigenvalue weighted by molar-refractivity contribution is 5.91. The minimum Gasteiger partial charge on any atom is -0.368 e. The predicted molar refractivity (Wildman–Crippen MR) is 85.9 cm³/mol. The SMILES string of the molecule is O=C(Cc1cccnc1)Nc1ccc(N2CCNCC2)cn1. The van der Waals surface area contributed by atoms with E-state index in [0.717, 1.165) is 37.4 Å². The zero-order valence-electron chi connectivity index (χ0n) is 12.3. The molecule has 3 rings (SSSR count). The molecule has 0 bridgehead atoms. The molecule has 0 radical (unpaired) electrons. The lowest BCUT2D eigenvalue weighted by molar-refractivity contribution is -0.115. The topological polar surface area (TPSA) is 70.2 Å². The average molecular weight is 297 g/mol. The molecule has 0 unspecified atom stereocenters. The molecule has 0 atom stereocenters. The van der Waals surface area contributed by atoms with E-state index in [1.54, 1.807) is 12.4 Å². The third-order valence-electron chi connectivity index (χ3n) is 3.58. The van der Waals surface area contributed by atoms with Gasteiger partial charge in [0.1, 0.15) is 5.82 Å². The Kier molecular flexibility index (Phi) is 4.60. The first kappa shape index (κ1) is 14.5. The highest BCUT2D eigenvalue weighted by Crippen LogP contribution is 2.15. The maximum absolute atomic E-state index is 12.0. The molecule has 3 heterocycles. The fourth-order valence-electron chi connectivity index (χ4n) is 2.45. The Morgan fingerprint density at radius 1 is 1.23 bits per heavy atom. The summed E-state index contributed by atoms with van der Waals surface area (Å²) in [5, 5.41) is 6.13. The molecular formula is C16H19N5O. The van der Waals surface area contributed by atoms with Crippen LogP contribution in [0.4, 0.5) is 11.5 Å². The summed E-state index contributed by atoms with van der Waals surface area (Å²) in [4.78, 5) is 22.6. The number of hydrogen-bond acceptors (Lipinski definition) is 5. The second-order valence-electron chi connectivity index (χ2n) is 5.22. The Balaban J connectivity index is 1.57. The van der Waals surface area contributed by atoms with Crippen LogP contribution in [-0.2, 0) is 11.2 Å². The van der Waals surface area contributed by atoms with E-state index in [2.05, 4.69) is 25.5 Å². The Hall–Kier alpha value is -2.47. The van der Waals surface area contributed by atoms with Gasteiger partial charge in [-0.25, -0.2) is 4.98 Å². The first-order valence-corrected chi connectivity index (χ1v) is 7.42. The van der Waals surface area contributed by atoms with Gasteiger partial charge in [-0.05, 0) is 23.8 Å². The van der Waals surface area contributed by atoms with Crippen LogP contribution in [-0.4, -0.2) is 42.1 Å². The first-order valence-electron chi connectivity index (χ1n) is 7.42. The van der Waals surface area contributed by atoms with Gasteiger partial charge in [-0.1, -0.05) is 6.07 Å². The number of carbonyl (C=O) groups excluding carboxylic acids is 1. The van der Waals surface area contributed by atoms with Crippen molar-refractivity contribution in [3.05, 3.63) is 48.4 Å². The maximum Gasteiger partial charge on any atom is 0.230 e. The second kappa shape index (κ2) is 7.00. The average Bonchev–Trinajstić information content (AvgIpc) is 2.57. The molecule has 0 spiro atoms. The van der Waals surface area contributed by atoms with Crippen LogP contribution < -0.4 is 15.5 Å². The van der Waals surface area contributed by atoms with Crippen LogP contribution in [0.25, 0.3) is 0 Å². The van der Waals surface area contributed by atoms with E-state index in [1.807, 2.05) is 30.5 Å². The lowest BCUT2D eigenvalue weighted by atomic mass is 10.2. The quantitative estimate of drug-likeness (QED) is 0.883. The summed E-state index contributed by atoms with van der Waals surface area (Å²) in [5.41, 5.74) is 1.98. The summed E-state index contributed by atoms with van der Waals surface area (Å²) >= 11 is 0. The van der Waals surface area contributed by atoms with E-state index in [1.165, 1.54) is 0 Å². The third kappa shape index (κ3) is 3.79. The number of nitrogens with zero attached hydrogens (tertiary/aromatic N) is 3. The maximum atomic E-state index is 12.0. The molecular weight excluding hydrogens is 278 g/mol. The molecule has 1 saturated heterocycles. The van der Waals surface area contributed by atoms with Crippen LogP contribution in [0.3, 0.4) is 0 Å². The van der Waals surface area contributed by atoms with Crippen LogP contribution in [0.1, 0.15) is 5.56 Å². The lowest BCUT2D eigenvalue weighted by Crippen LogP contribution is -2.43. The minimum absolute atomic E-state index is 0.0876. The Morgan fingerprint density at radius 3 is 2.77 bits per heavy atom. The van der Waals surface area contributed by atoms with Gasteiger partial charge in [-0.3, -0.25) is 9.78 Å². The van der Waals surface area contributed by atoms with Crippen LogP contribution in [0.5, 0.6) is 0 Å². The standard InChI is InChI=1S/C16H19N5O/c22-16(10-13-2-1-5-18-11-13)20-15-4-3-14(12-19-15)21-8-6-17-7-9-21/h1-5,11-12,17H,6-10H2,(H,19,20,22). The van der Waals surface area contributed by atoms with E-state index in [-0.39, 0.29) is 5.91 Å². The summed E-state index contributed by atoms with van der Waals surface area (Å²) < 4.78 is 0. The molecule has 2 N–H and O–H groups in total. The smallest absolute Gasteiger partial charge is 0.230 e. The van der Waals surface area contributed by atoms with Crippen molar-refractivity contribution in [2.45, 2.75) is 6.42 Å². The van der Waals surface area contributed by atoms with Crippen molar-refractivity contribution in [3.63, 3.8) is 0 Å². The Morgan fingerprint density at radius 2 is 2.09 bits per heavy atom. The van der Waals surface area contributed by atoms with Crippen LogP contribution in [0.2, 0.25) is 0 Å². The Labute approximate surface area is 129 Å². The zero-order chi connectivity index (χ0) is 15.2. The fraction of sp³-hybridized carbons (Fsp3) is 0.312. The summed E-state index contributed by atoms with van der Waals surface area (Å²) in [6, 6.07) is 7.55. The summed E-state index contributed by atoms with van der Waals surface area (Å²) in [6.07, 6.45) is 5.50. The molecule has 22 heavy (non-hydrogen) atoms. The number of hydrogen-bond donors (Lipinski definition) is 2. The molecule has 2 aromatic heterocycles. The van der Waals surface area contributed by atoms with Crippen molar-refractivity contribution < 1.29 is 4.79 Å². The van der Waals surface area contributed by atoms with Gasteiger partial charge in [0, 0.05) is 38.6 Å². The number of nitrogens with one attached hydrogen (secondary N) is 2. The van der Waals surface area contributed by atoms with Crippen molar-refractivity contribution in [3.8, 4) is 0 Å². The molecule has 6 heteroatoms. The fourth-order valence-corrected chi connectivity index (χ4v) is 2.45. The lowest BCUT2D eigenvalue weighted by Gasteiger charge is -2.29. The van der Waals surface area contributed by atoms with E-state index in [4.69, 9.17) is 0 Å². The molecule has 6 nitrogen and oxygen atoms in total. The largest absolute Gasteiger partial charge is 0.368 e. The van der Waals surface area contributed by atoms with Gasteiger partial charge >= 0.3 is 0 Å². The van der Waals surface area contributed by atoms with Crippen molar-refractivity contribution >= 4 is 17.4 Å². The van der Waals surface area contributed by atoms with Crippen molar-refractivity contribution in [1.29, 1.82) is 0 Å². The number of rotatable bonds is 4. The number of amides is 1. The second-order valence-corrected chi connectivity index (χ2v) is 5.22. The molecule has 114 valence electrons. The third-order valence-corrected chi connectivity index (χ3v) is 3.58. The van der Waals surface area contributed by atoms with Crippen molar-refractivity contribution in [2.24, 2.45) is 0 Å². The molecule has 0 saturated carbocycles. The van der Waals surface area contributed by atoms with Gasteiger partial charge in [0.2, 0.25) is 5.91 Å². The summed E-state index contributed by atoms with van der Waals surface area (Å²) in [7, 11) is 0. The highest BCUT2D eigenvalue weighted by atomic mass is 16.1. The van der Waals surface area contributed by atoms with E-state index in [9.17, 15) is 4.79 Å². The van der Waals surface area contributed by atoms with Gasteiger partial charge in [-0.15, -0.1) is 0 Å². The number of aromatic nitrogens is 2. The number of pyridine rings is 2. The molecule has 1 aliphatic heterocycles. The van der Waals surface area contributed by atoms with Gasteiger partial charge in [0.05, 0.1) is 18.3 Å². The summed E-state index contributed by atoms with van der Waals surface area (Å²) in [6.45, 7) is 3.94. The monoisotopic (exact) mass is 297 g/mol. The van der Waals surface area contributed by atoms with Gasteiger partial charge in [0.25, 0.3) is 0 Å². The normalized spacial score (nSPS) is 14.6. The van der Waals surface area contributed by atoms with Crippen LogP contribution in [0, 0.1) is 0 Å².